The van der Waals surface area contributed by atoms with Crippen molar-refractivity contribution in [1.29, 1.82) is 0 Å². The Morgan fingerprint density at radius 2 is 2.40 bits per heavy atom. The van der Waals surface area contributed by atoms with Crippen LogP contribution in [0.1, 0.15) is 11.9 Å². The number of carbonyl (C=O) groups excluding carboxylic acids is 1. The number of carboxylic acid groups (broad SMARTS) is 1. The summed E-state index contributed by atoms with van der Waals surface area (Å²) in [5.41, 5.74) is 0. The molecular formula is C8H11N3O3S. The van der Waals surface area contributed by atoms with E-state index in [0.29, 0.717) is 6.54 Å². The number of urea groups is 1. The highest BCUT2D eigenvalue weighted by atomic mass is 32.1. The van der Waals surface area contributed by atoms with Gasteiger partial charge in [0.25, 0.3) is 0 Å². The number of amides is 2. The second kappa shape index (κ2) is 5.30. The minimum atomic E-state index is -1.07. The molecule has 2 amide bonds. The first-order valence-electron chi connectivity index (χ1n) is 4.25. The van der Waals surface area contributed by atoms with Crippen molar-refractivity contribution >= 4 is 23.3 Å². The molecule has 0 saturated carbocycles. The Bertz CT molecular complexity index is 339. The third-order valence-electron chi connectivity index (χ3n) is 1.60. The average molecular weight is 229 g/mol. The zero-order chi connectivity index (χ0) is 11.3. The van der Waals surface area contributed by atoms with Crippen molar-refractivity contribution in [2.24, 2.45) is 0 Å². The van der Waals surface area contributed by atoms with E-state index in [0.717, 1.165) is 5.01 Å². The minimum absolute atomic E-state index is 0.301. The van der Waals surface area contributed by atoms with Gasteiger partial charge >= 0.3 is 12.0 Å². The number of aliphatic carboxylic acids is 1. The molecule has 1 rings (SSSR count). The smallest absolute Gasteiger partial charge is 0.325 e. The van der Waals surface area contributed by atoms with Crippen LogP contribution in [0.4, 0.5) is 4.79 Å². The van der Waals surface area contributed by atoms with Gasteiger partial charge in [-0.05, 0) is 6.92 Å². The molecule has 1 aromatic heterocycles. The van der Waals surface area contributed by atoms with Gasteiger partial charge in [-0.2, -0.15) is 0 Å². The van der Waals surface area contributed by atoms with Crippen LogP contribution in [0.3, 0.4) is 0 Å². The van der Waals surface area contributed by atoms with E-state index in [9.17, 15) is 9.59 Å². The van der Waals surface area contributed by atoms with Crippen molar-refractivity contribution in [1.82, 2.24) is 15.6 Å². The van der Waals surface area contributed by atoms with Gasteiger partial charge in [-0.1, -0.05) is 0 Å². The van der Waals surface area contributed by atoms with Crippen molar-refractivity contribution in [3.63, 3.8) is 0 Å². The van der Waals surface area contributed by atoms with Crippen LogP contribution in [0, 0.1) is 0 Å². The highest BCUT2D eigenvalue weighted by molar-refractivity contribution is 7.09. The molecule has 7 heteroatoms. The van der Waals surface area contributed by atoms with Crippen LogP contribution in [-0.2, 0) is 11.3 Å². The fourth-order valence-electron chi connectivity index (χ4n) is 0.806. The molecule has 6 nitrogen and oxygen atoms in total. The third kappa shape index (κ3) is 3.94. The molecule has 0 bridgehead atoms. The second-order valence-electron chi connectivity index (χ2n) is 2.81. The molecule has 1 atom stereocenters. The first kappa shape index (κ1) is 11.4. The SMILES string of the molecule is CC(NC(=O)NCc1nccs1)C(=O)O. The van der Waals surface area contributed by atoms with E-state index < -0.39 is 18.0 Å². The molecule has 1 aromatic rings. The molecular weight excluding hydrogens is 218 g/mol. The van der Waals surface area contributed by atoms with Gasteiger partial charge in [-0.3, -0.25) is 4.79 Å². The van der Waals surface area contributed by atoms with Crippen LogP contribution in [0.25, 0.3) is 0 Å². The van der Waals surface area contributed by atoms with E-state index in [1.807, 2.05) is 0 Å². The number of aromatic nitrogens is 1. The number of thiazole rings is 1. The predicted molar refractivity (Wildman–Crippen MR) is 54.6 cm³/mol. The van der Waals surface area contributed by atoms with E-state index in [4.69, 9.17) is 5.11 Å². The zero-order valence-electron chi connectivity index (χ0n) is 8.06. The Kier molecular flexibility index (Phi) is 4.04. The summed E-state index contributed by atoms with van der Waals surface area (Å²) in [6, 6.07) is -1.42. The molecule has 0 spiro atoms. The molecule has 0 aromatic carbocycles. The summed E-state index contributed by atoms with van der Waals surface area (Å²) in [7, 11) is 0. The Labute approximate surface area is 90.3 Å². The monoisotopic (exact) mass is 229 g/mol. The lowest BCUT2D eigenvalue weighted by Gasteiger charge is -2.09. The number of carbonyl (C=O) groups is 2. The summed E-state index contributed by atoms with van der Waals surface area (Å²) < 4.78 is 0. The lowest BCUT2D eigenvalue weighted by Crippen LogP contribution is -2.44. The minimum Gasteiger partial charge on any atom is -0.480 e. The molecule has 0 aliphatic heterocycles. The van der Waals surface area contributed by atoms with Gasteiger partial charge in [0.15, 0.2) is 0 Å². The van der Waals surface area contributed by atoms with Crippen LogP contribution in [0.15, 0.2) is 11.6 Å². The average Bonchev–Trinajstić information content (AvgIpc) is 2.66. The van der Waals surface area contributed by atoms with Gasteiger partial charge in [0, 0.05) is 11.6 Å². The predicted octanol–water partition coefficient (Wildman–Crippen LogP) is 0.415. The Balaban J connectivity index is 2.28. The highest BCUT2D eigenvalue weighted by Gasteiger charge is 2.13. The Morgan fingerprint density at radius 1 is 1.67 bits per heavy atom. The largest absolute Gasteiger partial charge is 0.480 e. The fourth-order valence-corrected chi connectivity index (χ4v) is 1.36. The standard InChI is InChI=1S/C8H11N3O3S/c1-5(7(12)13)11-8(14)10-4-6-9-2-3-15-6/h2-3,5H,4H2,1H3,(H,12,13)(H2,10,11,14). The molecule has 1 unspecified atom stereocenters. The van der Waals surface area contributed by atoms with Gasteiger partial charge in [-0.25, -0.2) is 9.78 Å². The summed E-state index contributed by atoms with van der Waals surface area (Å²) in [5, 5.41) is 15.9. The maximum absolute atomic E-state index is 11.1. The van der Waals surface area contributed by atoms with Crippen molar-refractivity contribution < 1.29 is 14.7 Å². The molecule has 15 heavy (non-hydrogen) atoms. The molecule has 1 heterocycles. The summed E-state index contributed by atoms with van der Waals surface area (Å²) in [5.74, 6) is -1.07. The Hall–Kier alpha value is -1.63. The first-order chi connectivity index (χ1) is 7.09. The van der Waals surface area contributed by atoms with Gasteiger partial charge in [0.05, 0.1) is 6.54 Å². The van der Waals surface area contributed by atoms with Gasteiger partial charge in [-0.15, -0.1) is 11.3 Å². The number of nitrogens with one attached hydrogen (secondary N) is 2. The van der Waals surface area contributed by atoms with Crippen LogP contribution < -0.4 is 10.6 Å². The molecule has 0 fully saturated rings. The number of nitrogens with zero attached hydrogens (tertiary/aromatic N) is 1. The third-order valence-corrected chi connectivity index (χ3v) is 2.38. The summed E-state index contributed by atoms with van der Waals surface area (Å²) in [4.78, 5) is 25.5. The topological polar surface area (TPSA) is 91.3 Å². The molecule has 0 radical (unpaired) electrons. The molecule has 0 aliphatic rings. The van der Waals surface area contributed by atoms with Crippen LogP contribution in [-0.4, -0.2) is 28.1 Å². The number of hydrogen-bond acceptors (Lipinski definition) is 4. The Morgan fingerprint density at radius 3 is 2.93 bits per heavy atom. The fraction of sp³-hybridized carbons (Fsp3) is 0.375. The number of carboxylic acids is 1. The van der Waals surface area contributed by atoms with Crippen LogP contribution in [0.2, 0.25) is 0 Å². The van der Waals surface area contributed by atoms with Crippen molar-refractivity contribution in [2.75, 3.05) is 0 Å². The molecule has 82 valence electrons. The number of hydrogen-bond donors (Lipinski definition) is 3. The molecule has 0 saturated heterocycles. The second-order valence-corrected chi connectivity index (χ2v) is 3.79. The van der Waals surface area contributed by atoms with Crippen LogP contribution >= 0.6 is 11.3 Å². The lowest BCUT2D eigenvalue weighted by molar-refractivity contribution is -0.138. The van der Waals surface area contributed by atoms with E-state index >= 15 is 0 Å². The molecule has 3 N–H and O–H groups in total. The summed E-state index contributed by atoms with van der Waals surface area (Å²) >= 11 is 1.42. The van der Waals surface area contributed by atoms with E-state index in [1.54, 1.807) is 11.6 Å². The van der Waals surface area contributed by atoms with E-state index in [-0.39, 0.29) is 0 Å². The lowest BCUT2D eigenvalue weighted by atomic mass is 10.3. The van der Waals surface area contributed by atoms with Crippen molar-refractivity contribution in [3.05, 3.63) is 16.6 Å². The van der Waals surface area contributed by atoms with E-state index in [2.05, 4.69) is 15.6 Å². The highest BCUT2D eigenvalue weighted by Crippen LogP contribution is 2.02. The maximum Gasteiger partial charge on any atom is 0.325 e. The summed E-state index contributed by atoms with van der Waals surface area (Å²) in [6.07, 6.45) is 1.64. The van der Waals surface area contributed by atoms with Crippen LogP contribution in [0.5, 0.6) is 0 Å². The van der Waals surface area contributed by atoms with E-state index in [1.165, 1.54) is 18.3 Å². The first-order valence-corrected chi connectivity index (χ1v) is 5.13. The quantitative estimate of drug-likeness (QED) is 0.697. The molecule has 0 aliphatic carbocycles. The summed E-state index contributed by atoms with van der Waals surface area (Å²) in [6.45, 7) is 1.70. The number of rotatable bonds is 4. The maximum atomic E-state index is 11.1. The van der Waals surface area contributed by atoms with Gasteiger partial charge < -0.3 is 15.7 Å². The van der Waals surface area contributed by atoms with Gasteiger partial charge in [0.1, 0.15) is 11.0 Å². The van der Waals surface area contributed by atoms with Crippen molar-refractivity contribution in [2.45, 2.75) is 19.5 Å². The normalized spacial score (nSPS) is 11.8. The van der Waals surface area contributed by atoms with Crippen molar-refractivity contribution in [3.8, 4) is 0 Å². The zero-order valence-corrected chi connectivity index (χ0v) is 8.87. The van der Waals surface area contributed by atoms with Gasteiger partial charge in [0.2, 0.25) is 0 Å².